The monoisotopic (exact) mass is 186 g/mol. The molecule has 1 heterocycles. The van der Waals surface area contributed by atoms with Gasteiger partial charge in [0.2, 0.25) is 0 Å². The fraction of sp³-hybridized carbons (Fsp3) is 0.800. The molecule has 0 aliphatic carbocycles. The predicted octanol–water partition coefficient (Wildman–Crippen LogP) is 1.47. The lowest BCUT2D eigenvalue weighted by atomic mass is 10.2. The highest BCUT2D eigenvalue weighted by atomic mass is 16.7. The van der Waals surface area contributed by atoms with Crippen molar-refractivity contribution in [3.05, 3.63) is 11.6 Å². The zero-order valence-electron chi connectivity index (χ0n) is 8.54. The van der Waals surface area contributed by atoms with Crippen LogP contribution in [0.15, 0.2) is 11.6 Å². The minimum atomic E-state index is -0.439. The average Bonchev–Trinajstić information content (AvgIpc) is 2.41. The highest BCUT2D eigenvalue weighted by Gasteiger charge is 2.31. The summed E-state index contributed by atoms with van der Waals surface area (Å²) in [6.07, 6.45) is 2.95. The molecule has 1 N–H and O–H groups in total. The molecule has 0 bridgehead atoms. The summed E-state index contributed by atoms with van der Waals surface area (Å²) in [4.78, 5) is 0. The van der Waals surface area contributed by atoms with Crippen LogP contribution in [0.2, 0.25) is 0 Å². The van der Waals surface area contributed by atoms with E-state index < -0.39 is 5.79 Å². The fourth-order valence-electron chi connectivity index (χ4n) is 1.28. The Bertz CT molecular complexity index is 196. The first kappa shape index (κ1) is 10.7. The summed E-state index contributed by atoms with van der Waals surface area (Å²) in [6.45, 7) is 6.49. The molecule has 1 aliphatic heterocycles. The van der Waals surface area contributed by atoms with E-state index in [1.165, 1.54) is 0 Å². The van der Waals surface area contributed by atoms with Gasteiger partial charge < -0.3 is 14.6 Å². The van der Waals surface area contributed by atoms with Gasteiger partial charge in [-0.15, -0.1) is 0 Å². The first-order valence-electron chi connectivity index (χ1n) is 4.62. The van der Waals surface area contributed by atoms with Crippen molar-refractivity contribution in [2.45, 2.75) is 39.1 Å². The van der Waals surface area contributed by atoms with Crippen molar-refractivity contribution in [1.29, 1.82) is 0 Å². The van der Waals surface area contributed by atoms with Crippen molar-refractivity contribution < 1.29 is 14.6 Å². The maximum atomic E-state index is 8.77. The van der Waals surface area contributed by atoms with E-state index in [1.54, 1.807) is 0 Å². The zero-order chi connectivity index (χ0) is 9.90. The summed E-state index contributed by atoms with van der Waals surface area (Å²) in [5.74, 6) is -0.439. The van der Waals surface area contributed by atoms with Crippen molar-refractivity contribution in [1.82, 2.24) is 0 Å². The second-order valence-electron chi connectivity index (χ2n) is 3.89. The molecule has 0 aromatic heterocycles. The van der Waals surface area contributed by atoms with Crippen LogP contribution in [0, 0.1) is 0 Å². The number of ether oxygens (including phenoxy) is 2. The largest absolute Gasteiger partial charge is 0.392 e. The lowest BCUT2D eigenvalue weighted by Crippen LogP contribution is -2.21. The Morgan fingerprint density at radius 1 is 1.62 bits per heavy atom. The van der Waals surface area contributed by atoms with E-state index in [2.05, 4.69) is 0 Å². The smallest absolute Gasteiger partial charge is 0.163 e. The van der Waals surface area contributed by atoms with Gasteiger partial charge in [-0.2, -0.15) is 0 Å². The highest BCUT2D eigenvalue weighted by Crippen LogP contribution is 2.24. The predicted molar refractivity (Wildman–Crippen MR) is 50.4 cm³/mol. The quantitative estimate of drug-likeness (QED) is 0.678. The van der Waals surface area contributed by atoms with Gasteiger partial charge in [-0.3, -0.25) is 0 Å². The Balaban J connectivity index is 2.33. The minimum absolute atomic E-state index is 0.122. The van der Waals surface area contributed by atoms with Crippen LogP contribution in [0.4, 0.5) is 0 Å². The van der Waals surface area contributed by atoms with Gasteiger partial charge in [0, 0.05) is 0 Å². The second-order valence-corrected chi connectivity index (χ2v) is 3.89. The molecule has 1 fully saturated rings. The van der Waals surface area contributed by atoms with Crippen LogP contribution in [0.1, 0.15) is 27.2 Å². The van der Waals surface area contributed by atoms with E-state index in [4.69, 9.17) is 14.6 Å². The van der Waals surface area contributed by atoms with Crippen molar-refractivity contribution in [3.63, 3.8) is 0 Å². The number of hydrogen-bond donors (Lipinski definition) is 1. The van der Waals surface area contributed by atoms with Gasteiger partial charge in [0.15, 0.2) is 5.79 Å². The molecule has 0 unspecified atom stereocenters. The maximum Gasteiger partial charge on any atom is 0.163 e. The molecule has 0 amide bonds. The molecule has 0 saturated carbocycles. The van der Waals surface area contributed by atoms with E-state index in [9.17, 15) is 0 Å². The molecule has 0 spiro atoms. The van der Waals surface area contributed by atoms with Crippen LogP contribution in [-0.4, -0.2) is 30.2 Å². The average molecular weight is 186 g/mol. The summed E-state index contributed by atoms with van der Waals surface area (Å²) in [5, 5.41) is 8.77. The lowest BCUT2D eigenvalue weighted by Gasteiger charge is -2.16. The van der Waals surface area contributed by atoms with Gasteiger partial charge in [-0.05, 0) is 27.2 Å². The Hall–Kier alpha value is -0.380. The second kappa shape index (κ2) is 4.22. The summed E-state index contributed by atoms with van der Waals surface area (Å²) in [7, 11) is 0. The van der Waals surface area contributed by atoms with Gasteiger partial charge in [0.05, 0.1) is 19.3 Å². The molecule has 3 nitrogen and oxygen atoms in total. The third kappa shape index (κ3) is 3.46. The van der Waals surface area contributed by atoms with Crippen molar-refractivity contribution in [3.8, 4) is 0 Å². The number of aliphatic hydroxyl groups is 1. The molecule has 1 saturated heterocycles. The highest BCUT2D eigenvalue weighted by molar-refractivity contribution is 4.99. The molecule has 3 heteroatoms. The minimum Gasteiger partial charge on any atom is -0.392 e. The van der Waals surface area contributed by atoms with Crippen molar-refractivity contribution in [2.75, 3.05) is 13.2 Å². The Morgan fingerprint density at radius 3 is 2.77 bits per heavy atom. The zero-order valence-corrected chi connectivity index (χ0v) is 8.54. The van der Waals surface area contributed by atoms with E-state index in [0.29, 0.717) is 6.61 Å². The van der Waals surface area contributed by atoms with Gasteiger partial charge in [0.1, 0.15) is 0 Å². The van der Waals surface area contributed by atoms with Gasteiger partial charge in [0.25, 0.3) is 0 Å². The first-order valence-corrected chi connectivity index (χ1v) is 4.62. The summed E-state index contributed by atoms with van der Waals surface area (Å²) < 4.78 is 11.0. The van der Waals surface area contributed by atoms with Crippen LogP contribution in [0.5, 0.6) is 0 Å². The van der Waals surface area contributed by atoms with E-state index in [0.717, 1.165) is 12.0 Å². The van der Waals surface area contributed by atoms with E-state index in [1.807, 2.05) is 26.8 Å². The standard InChI is InChI=1S/C10H18O3/c1-8(6-11)4-5-9-7-12-10(2,3)13-9/h4,9,11H,5-7H2,1-3H3/b8-4+/t9-/m0/s1. The van der Waals surface area contributed by atoms with E-state index in [-0.39, 0.29) is 12.7 Å². The number of aliphatic hydroxyl groups excluding tert-OH is 1. The van der Waals surface area contributed by atoms with Crippen LogP contribution in [-0.2, 0) is 9.47 Å². The Morgan fingerprint density at radius 2 is 2.31 bits per heavy atom. The summed E-state index contributed by atoms with van der Waals surface area (Å²) >= 11 is 0. The molecule has 1 aliphatic rings. The van der Waals surface area contributed by atoms with Crippen molar-refractivity contribution >= 4 is 0 Å². The van der Waals surface area contributed by atoms with Gasteiger partial charge in [-0.1, -0.05) is 11.6 Å². The third-order valence-electron chi connectivity index (χ3n) is 2.05. The van der Waals surface area contributed by atoms with Gasteiger partial charge in [-0.25, -0.2) is 0 Å². The summed E-state index contributed by atoms with van der Waals surface area (Å²) in [5.41, 5.74) is 0.980. The summed E-state index contributed by atoms with van der Waals surface area (Å²) in [6, 6.07) is 0. The number of rotatable bonds is 3. The first-order chi connectivity index (χ1) is 6.03. The molecular formula is C10H18O3. The molecule has 0 radical (unpaired) electrons. The number of hydrogen-bond acceptors (Lipinski definition) is 3. The third-order valence-corrected chi connectivity index (χ3v) is 2.05. The fourth-order valence-corrected chi connectivity index (χ4v) is 1.28. The molecule has 0 aromatic rings. The molecular weight excluding hydrogens is 168 g/mol. The van der Waals surface area contributed by atoms with Crippen LogP contribution < -0.4 is 0 Å². The van der Waals surface area contributed by atoms with E-state index >= 15 is 0 Å². The van der Waals surface area contributed by atoms with Gasteiger partial charge >= 0.3 is 0 Å². The normalized spacial score (nSPS) is 28.0. The van der Waals surface area contributed by atoms with Crippen molar-refractivity contribution in [2.24, 2.45) is 0 Å². The maximum absolute atomic E-state index is 8.77. The molecule has 1 rings (SSSR count). The van der Waals surface area contributed by atoms with Crippen LogP contribution in [0.3, 0.4) is 0 Å². The molecule has 13 heavy (non-hydrogen) atoms. The molecule has 0 aromatic carbocycles. The SMILES string of the molecule is C/C(=C\C[C@H]1COC(C)(C)O1)CO. The lowest BCUT2D eigenvalue weighted by molar-refractivity contribution is -0.137. The van der Waals surface area contributed by atoms with Crippen LogP contribution in [0.25, 0.3) is 0 Å². The molecule has 1 atom stereocenters. The Labute approximate surface area is 79.3 Å². The van der Waals surface area contributed by atoms with Crippen LogP contribution >= 0.6 is 0 Å². The molecule has 76 valence electrons. The Kier molecular flexibility index (Phi) is 3.47. The topological polar surface area (TPSA) is 38.7 Å².